The number of aliphatic hydroxyl groups excluding tert-OH is 1. The Morgan fingerprint density at radius 1 is 1.16 bits per heavy atom. The van der Waals surface area contributed by atoms with Gasteiger partial charge < -0.3 is 5.11 Å². The third-order valence-electron chi connectivity index (χ3n) is 9.04. The third kappa shape index (κ3) is 2.15. The van der Waals surface area contributed by atoms with Crippen LogP contribution < -0.4 is 0 Å². The van der Waals surface area contributed by atoms with E-state index < -0.39 is 11.0 Å². The largest absolute Gasteiger partial charge is 0.391 e. The Labute approximate surface area is 155 Å². The van der Waals surface area contributed by atoms with E-state index in [0.717, 1.165) is 32.1 Å². The molecule has 0 spiro atoms. The predicted octanol–water partition coefficient (Wildman–Crippen LogP) is 4.14. The van der Waals surface area contributed by atoms with Crippen molar-refractivity contribution in [2.24, 2.45) is 34.5 Å². The molecule has 0 bridgehead atoms. The summed E-state index contributed by atoms with van der Waals surface area (Å²) < 4.78 is 0. The Morgan fingerprint density at radius 2 is 1.84 bits per heavy atom. The fourth-order valence-corrected chi connectivity index (χ4v) is 8.30. The molecule has 8 atom stereocenters. The number of rotatable bonds is 1. The van der Waals surface area contributed by atoms with E-state index in [1.165, 1.54) is 0 Å². The van der Waals surface area contributed by atoms with E-state index in [4.69, 9.17) is 11.6 Å². The van der Waals surface area contributed by atoms with E-state index in [-0.39, 0.29) is 28.4 Å². The normalized spacial score (nSPS) is 55.2. The highest BCUT2D eigenvalue weighted by Gasteiger charge is 2.70. The Balaban J connectivity index is 1.75. The Bertz CT molecular complexity index is 618. The molecule has 4 aliphatic rings. The summed E-state index contributed by atoms with van der Waals surface area (Å²) in [5.74, 6) is 1.65. The first kappa shape index (κ1) is 18.0. The lowest BCUT2D eigenvalue weighted by atomic mass is 9.43. The molecule has 0 saturated heterocycles. The van der Waals surface area contributed by atoms with E-state index >= 15 is 0 Å². The average molecular weight is 367 g/mol. The molecule has 140 valence electrons. The maximum absolute atomic E-state index is 12.2. The summed E-state index contributed by atoms with van der Waals surface area (Å²) in [5.41, 5.74) is -0.303. The van der Waals surface area contributed by atoms with Crippen molar-refractivity contribution in [2.45, 2.75) is 83.1 Å². The molecule has 0 amide bonds. The number of hydrogen-bond acceptors (Lipinski definition) is 3. The Hall–Kier alpha value is -0.410. The summed E-state index contributed by atoms with van der Waals surface area (Å²) in [6, 6.07) is 0. The molecule has 25 heavy (non-hydrogen) atoms. The zero-order valence-electron chi connectivity index (χ0n) is 15.7. The SMILES string of the molecule is CC(=O)[C@H]1CC[C@H]2[C@@H]3CCC4CC(=O)CC[C@]4(C)[C@@]3(Cl)C(O)C[C@]12C. The van der Waals surface area contributed by atoms with Crippen LogP contribution in [0.25, 0.3) is 0 Å². The average Bonchev–Trinajstić information content (AvgIpc) is 2.87. The quantitative estimate of drug-likeness (QED) is 0.709. The van der Waals surface area contributed by atoms with Gasteiger partial charge in [0.05, 0.1) is 11.0 Å². The number of carbonyl (C=O) groups is 2. The molecule has 4 aliphatic carbocycles. The standard InChI is InChI=1S/C21H31ClO3/c1-12(23)15-6-7-16-17-5-4-13-10-14(24)8-9-20(13,3)21(17,22)18(25)11-19(15,16)2/h13,15-18,25H,4-11H2,1-3H3/t13?,15-,16+,17+,18?,19-,20+,21+/m1/s1. The van der Waals surface area contributed by atoms with E-state index in [0.29, 0.717) is 36.9 Å². The molecule has 4 fully saturated rings. The number of ketones is 2. The summed E-state index contributed by atoms with van der Waals surface area (Å²) >= 11 is 7.40. The van der Waals surface area contributed by atoms with Crippen molar-refractivity contribution in [1.29, 1.82) is 0 Å². The van der Waals surface area contributed by atoms with Crippen LogP contribution in [0.2, 0.25) is 0 Å². The predicted molar refractivity (Wildman–Crippen MR) is 97.4 cm³/mol. The minimum absolute atomic E-state index is 0.0619. The Kier molecular flexibility index (Phi) is 3.99. The summed E-state index contributed by atoms with van der Waals surface area (Å²) in [6.07, 6.45) is 6.05. The van der Waals surface area contributed by atoms with Crippen LogP contribution in [-0.2, 0) is 9.59 Å². The summed E-state index contributed by atoms with van der Waals surface area (Å²) in [7, 11) is 0. The molecule has 4 heteroatoms. The minimum Gasteiger partial charge on any atom is -0.391 e. The highest BCUT2D eigenvalue weighted by Crippen LogP contribution is 2.70. The van der Waals surface area contributed by atoms with Gasteiger partial charge in [-0.2, -0.15) is 0 Å². The topological polar surface area (TPSA) is 54.4 Å². The molecular formula is C21H31ClO3. The van der Waals surface area contributed by atoms with Gasteiger partial charge in [0.15, 0.2) is 0 Å². The molecule has 0 radical (unpaired) electrons. The van der Waals surface area contributed by atoms with Crippen LogP contribution in [0.1, 0.15) is 72.1 Å². The van der Waals surface area contributed by atoms with Crippen LogP contribution >= 0.6 is 11.6 Å². The number of carbonyl (C=O) groups excluding carboxylic acids is 2. The first-order chi connectivity index (χ1) is 11.6. The van der Waals surface area contributed by atoms with Gasteiger partial charge in [-0.1, -0.05) is 13.8 Å². The fraction of sp³-hybridized carbons (Fsp3) is 0.905. The molecule has 3 nitrogen and oxygen atoms in total. The van der Waals surface area contributed by atoms with Crippen LogP contribution in [0.5, 0.6) is 0 Å². The van der Waals surface area contributed by atoms with Crippen molar-refractivity contribution in [3.8, 4) is 0 Å². The fourth-order valence-electron chi connectivity index (χ4n) is 7.72. The second-order valence-corrected chi connectivity index (χ2v) is 10.5. The second-order valence-electron chi connectivity index (χ2n) is 9.88. The number of Topliss-reactive ketones (excluding diaryl/α,β-unsaturated/α-hetero) is 2. The van der Waals surface area contributed by atoms with Gasteiger partial charge in [0.1, 0.15) is 11.6 Å². The van der Waals surface area contributed by atoms with Gasteiger partial charge in [-0.05, 0) is 74.0 Å². The van der Waals surface area contributed by atoms with E-state index in [1.54, 1.807) is 6.92 Å². The van der Waals surface area contributed by atoms with Gasteiger partial charge in [0.25, 0.3) is 0 Å². The molecule has 0 aromatic carbocycles. The molecule has 0 aromatic rings. The van der Waals surface area contributed by atoms with Gasteiger partial charge >= 0.3 is 0 Å². The lowest BCUT2D eigenvalue weighted by Gasteiger charge is -2.66. The van der Waals surface area contributed by atoms with Gasteiger partial charge in [-0.15, -0.1) is 11.6 Å². The lowest BCUT2D eigenvalue weighted by Crippen LogP contribution is -2.68. The molecular weight excluding hydrogens is 336 g/mol. The number of aliphatic hydroxyl groups is 1. The van der Waals surface area contributed by atoms with Crippen LogP contribution in [-0.4, -0.2) is 27.7 Å². The van der Waals surface area contributed by atoms with Gasteiger partial charge in [-0.25, -0.2) is 0 Å². The van der Waals surface area contributed by atoms with Gasteiger partial charge in [0.2, 0.25) is 0 Å². The maximum Gasteiger partial charge on any atom is 0.133 e. The monoisotopic (exact) mass is 366 g/mol. The molecule has 0 aromatic heterocycles. The summed E-state index contributed by atoms with van der Waals surface area (Å²) in [6.45, 7) is 6.15. The summed E-state index contributed by atoms with van der Waals surface area (Å²) in [4.78, 5) is 23.6. The van der Waals surface area contributed by atoms with E-state index in [9.17, 15) is 14.7 Å². The molecule has 4 rings (SSSR count). The Morgan fingerprint density at radius 3 is 2.52 bits per heavy atom. The highest BCUT2D eigenvalue weighted by molar-refractivity contribution is 6.25. The first-order valence-corrected chi connectivity index (χ1v) is 10.4. The van der Waals surface area contributed by atoms with Crippen molar-refractivity contribution in [3.05, 3.63) is 0 Å². The van der Waals surface area contributed by atoms with E-state index in [1.807, 2.05) is 0 Å². The number of hydrogen-bond donors (Lipinski definition) is 1. The van der Waals surface area contributed by atoms with Crippen molar-refractivity contribution in [2.75, 3.05) is 0 Å². The minimum atomic E-state index is -0.646. The second kappa shape index (κ2) is 5.55. The van der Waals surface area contributed by atoms with Crippen LogP contribution in [0, 0.1) is 34.5 Å². The van der Waals surface area contributed by atoms with E-state index in [2.05, 4.69) is 13.8 Å². The zero-order chi connectivity index (χ0) is 18.2. The van der Waals surface area contributed by atoms with Crippen LogP contribution in [0.15, 0.2) is 0 Å². The zero-order valence-corrected chi connectivity index (χ0v) is 16.4. The maximum atomic E-state index is 12.2. The number of halogens is 1. The number of alkyl halides is 1. The number of fused-ring (bicyclic) bond motifs is 5. The lowest BCUT2D eigenvalue weighted by molar-refractivity contribution is -0.161. The van der Waals surface area contributed by atoms with Crippen molar-refractivity contribution in [3.63, 3.8) is 0 Å². The smallest absolute Gasteiger partial charge is 0.133 e. The summed E-state index contributed by atoms with van der Waals surface area (Å²) in [5, 5.41) is 11.3. The van der Waals surface area contributed by atoms with Gasteiger partial charge in [-0.3, -0.25) is 9.59 Å². The highest BCUT2D eigenvalue weighted by atomic mass is 35.5. The van der Waals surface area contributed by atoms with Crippen molar-refractivity contribution >= 4 is 23.2 Å². The van der Waals surface area contributed by atoms with Gasteiger partial charge in [0, 0.05) is 18.8 Å². The molecule has 4 saturated carbocycles. The first-order valence-electron chi connectivity index (χ1n) is 10.0. The molecule has 2 unspecified atom stereocenters. The van der Waals surface area contributed by atoms with Crippen molar-refractivity contribution in [1.82, 2.24) is 0 Å². The third-order valence-corrected chi connectivity index (χ3v) is 10.0. The molecule has 1 N–H and O–H groups in total. The molecule has 0 heterocycles. The van der Waals surface area contributed by atoms with Crippen LogP contribution in [0.3, 0.4) is 0 Å². The molecule has 0 aliphatic heterocycles. The van der Waals surface area contributed by atoms with Crippen molar-refractivity contribution < 1.29 is 14.7 Å². The van der Waals surface area contributed by atoms with Crippen LogP contribution in [0.4, 0.5) is 0 Å².